The van der Waals surface area contributed by atoms with Gasteiger partial charge >= 0.3 is 0 Å². The van der Waals surface area contributed by atoms with Crippen LogP contribution in [0.1, 0.15) is 21.4 Å². The molecule has 3 N–H and O–H groups in total. The number of carbonyl (C=O) groups is 1. The van der Waals surface area contributed by atoms with Crippen LogP contribution < -0.4 is 16.2 Å². The minimum absolute atomic E-state index is 0. The summed E-state index contributed by atoms with van der Waals surface area (Å²) in [7, 11) is 0. The van der Waals surface area contributed by atoms with E-state index in [2.05, 4.69) is 30.6 Å². The fourth-order valence-corrected chi connectivity index (χ4v) is 3.21. The van der Waals surface area contributed by atoms with E-state index in [0.717, 1.165) is 22.4 Å². The van der Waals surface area contributed by atoms with Crippen LogP contribution in [0.2, 0.25) is 0 Å². The van der Waals surface area contributed by atoms with Crippen LogP contribution in [-0.4, -0.2) is 37.0 Å². The molecule has 0 bridgehead atoms. The number of H-pyrrole nitrogens is 1. The summed E-state index contributed by atoms with van der Waals surface area (Å²) in [6, 6.07) is 11.4. The predicted molar refractivity (Wildman–Crippen MR) is 124 cm³/mol. The Labute approximate surface area is 183 Å². The van der Waals surface area contributed by atoms with E-state index >= 15 is 0 Å². The van der Waals surface area contributed by atoms with Gasteiger partial charge in [-0.1, -0.05) is 6.07 Å². The number of nitrogens with zero attached hydrogens (tertiary/aromatic N) is 4. The highest BCUT2D eigenvalue weighted by Crippen LogP contribution is 2.09. The maximum Gasteiger partial charge on any atom is 0.293 e. The molecule has 0 aliphatic rings. The molecular weight excluding hydrogens is 394 g/mol. The molecule has 0 aliphatic heterocycles. The van der Waals surface area contributed by atoms with E-state index in [9.17, 15) is 9.59 Å². The van der Waals surface area contributed by atoms with Crippen LogP contribution in [0.25, 0.3) is 11.0 Å². The van der Waals surface area contributed by atoms with Gasteiger partial charge in [-0.15, -0.1) is 0 Å². The largest absolute Gasteiger partial charge is 0.365 e. The normalized spacial score (nSPS) is 10.9. The number of aryl methyl sites for hydroxylation is 1. The first-order chi connectivity index (χ1) is 15.1. The monoisotopic (exact) mass is 423 g/mol. The molecule has 4 aromatic heterocycles. The van der Waals surface area contributed by atoms with E-state index in [0.29, 0.717) is 18.7 Å². The molecule has 0 aromatic carbocycles. The quantitative estimate of drug-likeness (QED) is 0.401. The van der Waals surface area contributed by atoms with Crippen LogP contribution in [0.3, 0.4) is 0 Å². The van der Waals surface area contributed by atoms with Gasteiger partial charge in [-0.2, -0.15) is 0 Å². The van der Waals surface area contributed by atoms with Gasteiger partial charge in [0.15, 0.2) is 5.82 Å². The molecule has 0 unspecified atom stereocenters. The van der Waals surface area contributed by atoms with Crippen molar-refractivity contribution in [2.75, 3.05) is 11.9 Å². The maximum atomic E-state index is 12.8. The van der Waals surface area contributed by atoms with Crippen molar-refractivity contribution in [2.45, 2.75) is 26.4 Å². The van der Waals surface area contributed by atoms with Gasteiger partial charge in [0.2, 0.25) is 5.91 Å². The third kappa shape index (κ3) is 4.95. The number of rotatable bonds is 8. The van der Waals surface area contributed by atoms with Gasteiger partial charge in [0.25, 0.3) is 5.56 Å². The van der Waals surface area contributed by atoms with Gasteiger partial charge in [-0.25, -0.2) is 9.97 Å². The number of hydrogen-bond donors (Lipinski definition) is 3. The fourth-order valence-electron chi connectivity index (χ4n) is 3.21. The molecule has 4 heterocycles. The first kappa shape index (κ1) is 20.3. The third-order valence-electron chi connectivity index (χ3n) is 4.88. The molecule has 164 valence electrons. The van der Waals surface area contributed by atoms with Gasteiger partial charge < -0.3 is 15.6 Å². The number of aromatic amines is 1. The Kier molecular flexibility index (Phi) is 6.02. The highest BCUT2D eigenvalue weighted by atomic mass is 16.2. The molecule has 4 rings (SSSR count). The van der Waals surface area contributed by atoms with E-state index in [4.69, 9.17) is 0 Å². The van der Waals surface area contributed by atoms with Gasteiger partial charge in [0.1, 0.15) is 6.54 Å². The second kappa shape index (κ2) is 9.21. The standard InChI is InChI=1S/C22H23N7O2.3H2/c1-15-12-27-21(25-10-7-16-4-2-3-9-23-16)22(31)29(15)14-20(30)26-13-17-5-6-18-19(28-17)8-11-24-18;;;/h2-6,8-9,11-12,24H,7,10,13-14H2,1H3,(H,25,27)(H,26,30);3*1H. The summed E-state index contributed by atoms with van der Waals surface area (Å²) in [5.41, 5.74) is 3.74. The topological polar surface area (TPSA) is 118 Å². The second-order valence-electron chi connectivity index (χ2n) is 7.13. The molecule has 0 radical (unpaired) electrons. The van der Waals surface area contributed by atoms with Gasteiger partial charge in [-0.05, 0) is 37.3 Å². The lowest BCUT2D eigenvalue weighted by Crippen LogP contribution is -2.34. The van der Waals surface area contributed by atoms with Crippen LogP contribution in [-0.2, 0) is 24.3 Å². The summed E-state index contributed by atoms with van der Waals surface area (Å²) in [6.45, 7) is 2.46. The van der Waals surface area contributed by atoms with Crippen LogP contribution >= 0.6 is 0 Å². The minimum Gasteiger partial charge on any atom is -0.365 e. The molecule has 9 nitrogen and oxygen atoms in total. The molecule has 4 aromatic rings. The Morgan fingerprint density at radius 3 is 2.90 bits per heavy atom. The number of aromatic nitrogens is 5. The first-order valence-electron chi connectivity index (χ1n) is 10.00. The lowest BCUT2D eigenvalue weighted by atomic mass is 10.3. The van der Waals surface area contributed by atoms with Crippen molar-refractivity contribution in [1.82, 2.24) is 29.8 Å². The zero-order chi connectivity index (χ0) is 21.6. The second-order valence-corrected chi connectivity index (χ2v) is 7.13. The predicted octanol–water partition coefficient (Wildman–Crippen LogP) is 2.53. The van der Waals surface area contributed by atoms with Gasteiger partial charge in [-0.3, -0.25) is 19.1 Å². The zero-order valence-electron chi connectivity index (χ0n) is 17.1. The molecule has 1 amide bonds. The Bertz CT molecular complexity index is 1260. The minimum atomic E-state index is -0.331. The van der Waals surface area contributed by atoms with Crippen molar-refractivity contribution >= 4 is 22.8 Å². The van der Waals surface area contributed by atoms with E-state index in [1.165, 1.54) is 4.57 Å². The molecule has 9 heteroatoms. The molecule has 0 saturated carbocycles. The molecular formula is C22H29N7O2. The van der Waals surface area contributed by atoms with E-state index in [1.54, 1.807) is 19.3 Å². The number of nitrogens with one attached hydrogen (secondary N) is 3. The lowest BCUT2D eigenvalue weighted by Gasteiger charge is -2.12. The third-order valence-corrected chi connectivity index (χ3v) is 4.88. The van der Waals surface area contributed by atoms with Crippen LogP contribution in [0.15, 0.2) is 59.8 Å². The summed E-state index contributed by atoms with van der Waals surface area (Å²) in [5, 5.41) is 5.87. The Balaban J connectivity index is 0.00000193. The van der Waals surface area contributed by atoms with Crippen molar-refractivity contribution in [3.05, 3.63) is 82.4 Å². The SMILES string of the molecule is Cc1cnc(NCCc2ccccn2)c(=O)n1CC(=O)NCc1ccc2[nH]ccc2n1.[HH].[HH].[HH]. The van der Waals surface area contributed by atoms with Crippen molar-refractivity contribution in [3.8, 4) is 0 Å². The number of carbonyl (C=O) groups excluding carboxylic acids is 1. The average molecular weight is 424 g/mol. The van der Waals surface area contributed by atoms with Crippen molar-refractivity contribution < 1.29 is 9.07 Å². The van der Waals surface area contributed by atoms with Crippen molar-refractivity contribution in [2.24, 2.45) is 0 Å². The van der Waals surface area contributed by atoms with E-state index in [-0.39, 0.29) is 34.7 Å². The highest BCUT2D eigenvalue weighted by molar-refractivity contribution is 5.76. The molecule has 0 aliphatic carbocycles. The average Bonchev–Trinajstić information content (AvgIpc) is 3.25. The number of amides is 1. The van der Waals surface area contributed by atoms with Gasteiger partial charge in [0, 0.05) is 47.2 Å². The van der Waals surface area contributed by atoms with E-state index in [1.807, 2.05) is 42.6 Å². The summed E-state index contributed by atoms with van der Waals surface area (Å²) in [5.74, 6) is -0.0549. The Hall–Kier alpha value is -4.01. The number of anilines is 1. The zero-order valence-corrected chi connectivity index (χ0v) is 17.1. The Morgan fingerprint density at radius 2 is 2.06 bits per heavy atom. The summed E-state index contributed by atoms with van der Waals surface area (Å²) < 4.78 is 1.41. The smallest absolute Gasteiger partial charge is 0.293 e. The summed E-state index contributed by atoms with van der Waals surface area (Å²) in [6.07, 6.45) is 5.80. The number of hydrogen-bond acceptors (Lipinski definition) is 6. The molecule has 0 fully saturated rings. The van der Waals surface area contributed by atoms with Crippen LogP contribution in [0.5, 0.6) is 0 Å². The first-order valence-corrected chi connectivity index (χ1v) is 10.00. The fraction of sp³-hybridized carbons (Fsp3) is 0.227. The Morgan fingerprint density at radius 1 is 1.16 bits per heavy atom. The van der Waals surface area contributed by atoms with Crippen molar-refractivity contribution in [1.29, 1.82) is 0 Å². The van der Waals surface area contributed by atoms with Crippen LogP contribution in [0.4, 0.5) is 5.82 Å². The highest BCUT2D eigenvalue weighted by Gasteiger charge is 2.12. The molecule has 0 atom stereocenters. The molecule has 31 heavy (non-hydrogen) atoms. The molecule has 0 spiro atoms. The molecule has 0 saturated heterocycles. The summed E-state index contributed by atoms with van der Waals surface area (Å²) >= 11 is 0. The van der Waals surface area contributed by atoms with Crippen LogP contribution in [0, 0.1) is 6.92 Å². The van der Waals surface area contributed by atoms with Crippen molar-refractivity contribution in [3.63, 3.8) is 0 Å². The summed E-state index contributed by atoms with van der Waals surface area (Å²) in [4.78, 5) is 41.3. The maximum absolute atomic E-state index is 12.8. The van der Waals surface area contributed by atoms with E-state index < -0.39 is 0 Å². The number of pyridine rings is 2. The number of fused-ring (bicyclic) bond motifs is 1. The van der Waals surface area contributed by atoms with Gasteiger partial charge in [0.05, 0.1) is 23.3 Å². The lowest BCUT2D eigenvalue weighted by molar-refractivity contribution is -0.121.